The monoisotopic (exact) mass is 318 g/mol. The fraction of sp³-hybridized carbons (Fsp3) is 0.417. The predicted molar refractivity (Wildman–Crippen MR) is 74.6 cm³/mol. The van der Waals surface area contributed by atoms with E-state index in [2.05, 4.69) is 33.5 Å². The molecule has 0 aliphatic heterocycles. The lowest BCUT2D eigenvalue weighted by Crippen LogP contribution is -2.32. The van der Waals surface area contributed by atoms with Crippen LogP contribution in [0.2, 0.25) is 5.02 Å². The van der Waals surface area contributed by atoms with E-state index in [-0.39, 0.29) is 5.91 Å². The molecule has 1 amide bonds. The van der Waals surface area contributed by atoms with Crippen molar-refractivity contribution in [1.29, 1.82) is 0 Å². The standard InChI is InChI=1S/C12H16BrClN2O/c1-2-5-15-6-7-16-12(17)10-8-9(14)3-4-11(10)13/h3-4,8,15H,2,5-7H2,1H3,(H,16,17). The van der Waals surface area contributed by atoms with Gasteiger partial charge in [0.25, 0.3) is 5.91 Å². The van der Waals surface area contributed by atoms with Crippen LogP contribution in [-0.2, 0) is 0 Å². The van der Waals surface area contributed by atoms with Crippen LogP contribution in [0.5, 0.6) is 0 Å². The van der Waals surface area contributed by atoms with Crippen LogP contribution >= 0.6 is 27.5 Å². The van der Waals surface area contributed by atoms with E-state index in [1.165, 1.54) is 0 Å². The topological polar surface area (TPSA) is 41.1 Å². The van der Waals surface area contributed by atoms with Gasteiger partial charge in [-0.05, 0) is 47.1 Å². The minimum atomic E-state index is -0.113. The van der Waals surface area contributed by atoms with E-state index in [0.717, 1.165) is 24.0 Å². The lowest BCUT2D eigenvalue weighted by molar-refractivity contribution is 0.0953. The largest absolute Gasteiger partial charge is 0.351 e. The summed E-state index contributed by atoms with van der Waals surface area (Å²) < 4.78 is 0.751. The molecule has 17 heavy (non-hydrogen) atoms. The van der Waals surface area contributed by atoms with Gasteiger partial charge in [-0.25, -0.2) is 0 Å². The van der Waals surface area contributed by atoms with Crippen molar-refractivity contribution < 1.29 is 4.79 Å². The maximum atomic E-state index is 11.8. The number of hydrogen-bond acceptors (Lipinski definition) is 2. The molecule has 2 N–H and O–H groups in total. The van der Waals surface area contributed by atoms with Crippen molar-refractivity contribution in [3.05, 3.63) is 33.3 Å². The summed E-state index contributed by atoms with van der Waals surface area (Å²) in [6, 6.07) is 5.16. The molecule has 3 nitrogen and oxygen atoms in total. The summed E-state index contributed by atoms with van der Waals surface area (Å²) in [4.78, 5) is 11.8. The third-order valence-electron chi connectivity index (χ3n) is 2.19. The number of carbonyl (C=O) groups excluding carboxylic acids is 1. The molecule has 0 fully saturated rings. The van der Waals surface area contributed by atoms with Gasteiger partial charge < -0.3 is 10.6 Å². The third kappa shape index (κ3) is 5.06. The summed E-state index contributed by atoms with van der Waals surface area (Å²) in [5, 5.41) is 6.61. The maximum absolute atomic E-state index is 11.8. The predicted octanol–water partition coefficient (Wildman–Crippen LogP) is 2.83. The quantitative estimate of drug-likeness (QED) is 0.792. The Morgan fingerprint density at radius 1 is 1.35 bits per heavy atom. The molecule has 0 aliphatic carbocycles. The molecule has 0 aromatic heterocycles. The zero-order valence-electron chi connectivity index (χ0n) is 9.72. The summed E-state index contributed by atoms with van der Waals surface area (Å²) in [6.07, 6.45) is 1.09. The van der Waals surface area contributed by atoms with Crippen molar-refractivity contribution in [3.8, 4) is 0 Å². The summed E-state index contributed by atoms with van der Waals surface area (Å²) in [5.41, 5.74) is 0.563. The number of benzene rings is 1. The zero-order valence-corrected chi connectivity index (χ0v) is 12.1. The molecule has 94 valence electrons. The highest BCUT2D eigenvalue weighted by atomic mass is 79.9. The van der Waals surface area contributed by atoms with Gasteiger partial charge in [0.1, 0.15) is 0 Å². The molecule has 0 aliphatic rings. The first-order chi connectivity index (χ1) is 8.15. The van der Waals surface area contributed by atoms with Crippen LogP contribution in [0.25, 0.3) is 0 Å². The van der Waals surface area contributed by atoms with Gasteiger partial charge in [0.05, 0.1) is 5.56 Å². The second-order valence-electron chi connectivity index (χ2n) is 3.63. The van der Waals surface area contributed by atoms with E-state index in [9.17, 15) is 4.79 Å². The van der Waals surface area contributed by atoms with Crippen LogP contribution in [0.4, 0.5) is 0 Å². The average Bonchev–Trinajstić information content (AvgIpc) is 2.32. The number of amides is 1. The number of carbonyl (C=O) groups is 1. The van der Waals surface area contributed by atoms with Gasteiger partial charge in [-0.2, -0.15) is 0 Å². The van der Waals surface area contributed by atoms with Crippen LogP contribution in [0.3, 0.4) is 0 Å². The van der Waals surface area contributed by atoms with Gasteiger partial charge in [-0.15, -0.1) is 0 Å². The Hall–Kier alpha value is -0.580. The Kier molecular flexibility index (Phi) is 6.55. The summed E-state index contributed by atoms with van der Waals surface area (Å²) in [6.45, 7) is 4.46. The highest BCUT2D eigenvalue weighted by Crippen LogP contribution is 2.20. The van der Waals surface area contributed by atoms with E-state index in [0.29, 0.717) is 17.1 Å². The van der Waals surface area contributed by atoms with Crippen LogP contribution in [0, 0.1) is 0 Å². The SMILES string of the molecule is CCCNCCNC(=O)c1cc(Cl)ccc1Br. The molecule has 0 heterocycles. The molecule has 0 bridgehead atoms. The van der Waals surface area contributed by atoms with Crippen LogP contribution in [0.1, 0.15) is 23.7 Å². The molecule has 1 aromatic carbocycles. The first-order valence-electron chi connectivity index (χ1n) is 5.59. The van der Waals surface area contributed by atoms with E-state index < -0.39 is 0 Å². The second-order valence-corrected chi connectivity index (χ2v) is 4.92. The highest BCUT2D eigenvalue weighted by Gasteiger charge is 2.09. The number of halogens is 2. The average molecular weight is 320 g/mol. The maximum Gasteiger partial charge on any atom is 0.252 e. The molecule has 0 atom stereocenters. The normalized spacial score (nSPS) is 10.3. The summed E-state index contributed by atoms with van der Waals surface area (Å²) >= 11 is 9.18. The van der Waals surface area contributed by atoms with E-state index in [1.807, 2.05) is 0 Å². The molecule has 0 saturated heterocycles. The zero-order chi connectivity index (χ0) is 12.7. The molecule has 5 heteroatoms. The van der Waals surface area contributed by atoms with Gasteiger partial charge in [0.2, 0.25) is 0 Å². The van der Waals surface area contributed by atoms with Gasteiger partial charge in [-0.3, -0.25) is 4.79 Å². The summed E-state index contributed by atoms with van der Waals surface area (Å²) in [7, 11) is 0. The van der Waals surface area contributed by atoms with Crippen LogP contribution < -0.4 is 10.6 Å². The Balaban J connectivity index is 2.44. The smallest absolute Gasteiger partial charge is 0.252 e. The molecule has 0 spiro atoms. The van der Waals surface area contributed by atoms with Crippen molar-refractivity contribution in [2.75, 3.05) is 19.6 Å². The molecule has 0 saturated carbocycles. The Morgan fingerprint density at radius 2 is 2.12 bits per heavy atom. The minimum Gasteiger partial charge on any atom is -0.351 e. The van der Waals surface area contributed by atoms with Gasteiger partial charge in [-0.1, -0.05) is 18.5 Å². The minimum absolute atomic E-state index is 0.113. The third-order valence-corrected chi connectivity index (χ3v) is 3.11. The van der Waals surface area contributed by atoms with Gasteiger partial charge in [0.15, 0.2) is 0 Å². The van der Waals surface area contributed by atoms with Gasteiger partial charge in [0, 0.05) is 22.6 Å². The molecule has 0 unspecified atom stereocenters. The lowest BCUT2D eigenvalue weighted by atomic mass is 10.2. The van der Waals surface area contributed by atoms with Crippen molar-refractivity contribution in [2.45, 2.75) is 13.3 Å². The van der Waals surface area contributed by atoms with Crippen LogP contribution in [0.15, 0.2) is 22.7 Å². The van der Waals surface area contributed by atoms with Crippen molar-refractivity contribution in [1.82, 2.24) is 10.6 Å². The number of hydrogen-bond donors (Lipinski definition) is 2. The first-order valence-corrected chi connectivity index (χ1v) is 6.76. The molecular formula is C12H16BrClN2O. The van der Waals surface area contributed by atoms with Gasteiger partial charge >= 0.3 is 0 Å². The fourth-order valence-corrected chi connectivity index (χ4v) is 1.93. The van der Waals surface area contributed by atoms with E-state index in [4.69, 9.17) is 11.6 Å². The Morgan fingerprint density at radius 3 is 2.82 bits per heavy atom. The molecule has 0 radical (unpaired) electrons. The van der Waals surface area contributed by atoms with E-state index >= 15 is 0 Å². The molecule has 1 aromatic rings. The highest BCUT2D eigenvalue weighted by molar-refractivity contribution is 9.10. The Bertz CT molecular complexity index is 385. The second kappa shape index (κ2) is 7.69. The van der Waals surface area contributed by atoms with Crippen molar-refractivity contribution >= 4 is 33.4 Å². The first kappa shape index (κ1) is 14.5. The molecule has 1 rings (SSSR count). The fourth-order valence-electron chi connectivity index (χ4n) is 1.33. The van der Waals surface area contributed by atoms with E-state index in [1.54, 1.807) is 18.2 Å². The lowest BCUT2D eigenvalue weighted by Gasteiger charge is -2.07. The van der Waals surface area contributed by atoms with Crippen LogP contribution in [-0.4, -0.2) is 25.5 Å². The Labute approximate surface area is 115 Å². The molecular weight excluding hydrogens is 304 g/mol. The summed E-state index contributed by atoms with van der Waals surface area (Å²) in [5.74, 6) is -0.113. The number of rotatable bonds is 6. The van der Waals surface area contributed by atoms with Crippen molar-refractivity contribution in [2.24, 2.45) is 0 Å². The van der Waals surface area contributed by atoms with Crippen molar-refractivity contribution in [3.63, 3.8) is 0 Å². The number of nitrogens with one attached hydrogen (secondary N) is 2.